The molecule has 0 aromatic heterocycles. The second kappa shape index (κ2) is 8.95. The van der Waals surface area contributed by atoms with Crippen LogP contribution >= 0.6 is 0 Å². The number of allylic oxidation sites excluding steroid dienone is 1. The van der Waals surface area contributed by atoms with Crippen molar-refractivity contribution in [2.24, 2.45) is 0 Å². The molecule has 9 heteroatoms. The number of carbonyl (C=O) groups excluding carboxylic acids is 1. The Hall–Kier alpha value is -2.71. The van der Waals surface area contributed by atoms with Crippen LogP contribution in [0.15, 0.2) is 30.4 Å². The van der Waals surface area contributed by atoms with Crippen LogP contribution in [0.1, 0.15) is 12.0 Å². The first kappa shape index (κ1) is 20.3. The largest absolute Gasteiger partial charge is 0.497 e. The van der Waals surface area contributed by atoms with E-state index in [9.17, 15) is 22.8 Å². The fourth-order valence-corrected chi connectivity index (χ4v) is 2.00. The number of benzene rings is 1. The molecule has 0 spiro atoms. The number of rotatable bonds is 8. The third-order valence-corrected chi connectivity index (χ3v) is 3.14. The summed E-state index contributed by atoms with van der Waals surface area (Å²) in [4.78, 5) is 23.7. The van der Waals surface area contributed by atoms with Crippen LogP contribution in [-0.2, 0) is 16.1 Å². The summed E-state index contributed by atoms with van der Waals surface area (Å²) in [6, 6.07) is 4.75. The lowest BCUT2D eigenvalue weighted by Crippen LogP contribution is -2.32. The van der Waals surface area contributed by atoms with Crippen molar-refractivity contribution >= 4 is 11.9 Å². The molecule has 0 bridgehead atoms. The van der Waals surface area contributed by atoms with Gasteiger partial charge in [0.25, 0.3) is 0 Å². The summed E-state index contributed by atoms with van der Waals surface area (Å²) in [5.74, 6) is -1.30. The summed E-state index contributed by atoms with van der Waals surface area (Å²) in [5, 5.41) is 8.74. The van der Waals surface area contributed by atoms with Crippen LogP contribution in [0.4, 0.5) is 13.2 Å². The number of carboxylic acids is 1. The maximum atomic E-state index is 12.2. The lowest BCUT2D eigenvalue weighted by atomic mass is 10.1. The minimum Gasteiger partial charge on any atom is -0.497 e. The summed E-state index contributed by atoms with van der Waals surface area (Å²) < 4.78 is 46.9. The molecule has 1 aromatic rings. The molecule has 138 valence electrons. The molecular formula is C16H18F3NO5. The lowest BCUT2D eigenvalue weighted by Gasteiger charge is -2.22. The number of carboxylic acid groups (broad SMARTS) is 1. The van der Waals surface area contributed by atoms with E-state index < -0.39 is 24.5 Å². The molecule has 0 atom stereocenters. The van der Waals surface area contributed by atoms with Gasteiger partial charge in [0, 0.05) is 30.8 Å². The highest BCUT2D eigenvalue weighted by Crippen LogP contribution is 2.26. The number of methoxy groups -OCH3 is 2. The van der Waals surface area contributed by atoms with Crippen LogP contribution in [0, 0.1) is 0 Å². The van der Waals surface area contributed by atoms with Crippen LogP contribution in [0.2, 0.25) is 0 Å². The molecule has 0 aliphatic carbocycles. The van der Waals surface area contributed by atoms with E-state index in [2.05, 4.69) is 0 Å². The number of amides is 1. The highest BCUT2D eigenvalue weighted by Gasteiger charge is 2.23. The van der Waals surface area contributed by atoms with Gasteiger partial charge in [0.2, 0.25) is 5.91 Å². The SMILES string of the molecule is COc1ccc(CN(CC=CC(F)(F)F)C(=O)CC(=O)O)c(OC)c1. The van der Waals surface area contributed by atoms with Crippen molar-refractivity contribution in [2.45, 2.75) is 19.1 Å². The molecule has 25 heavy (non-hydrogen) atoms. The summed E-state index contributed by atoms with van der Waals surface area (Å²) >= 11 is 0. The Labute approximate surface area is 142 Å². The topological polar surface area (TPSA) is 76.1 Å². The van der Waals surface area contributed by atoms with Gasteiger partial charge in [0.05, 0.1) is 14.2 Å². The molecule has 1 N–H and O–H groups in total. The summed E-state index contributed by atoms with van der Waals surface area (Å²) in [6.45, 7) is -0.498. The van der Waals surface area contributed by atoms with Crippen molar-refractivity contribution in [3.8, 4) is 11.5 Å². The molecule has 1 aromatic carbocycles. The molecule has 6 nitrogen and oxygen atoms in total. The molecule has 0 heterocycles. The smallest absolute Gasteiger partial charge is 0.409 e. The monoisotopic (exact) mass is 361 g/mol. The van der Waals surface area contributed by atoms with Gasteiger partial charge >= 0.3 is 12.1 Å². The Bertz CT molecular complexity index is 643. The van der Waals surface area contributed by atoms with Crippen molar-refractivity contribution in [1.82, 2.24) is 4.90 Å². The second-order valence-corrected chi connectivity index (χ2v) is 4.97. The number of carbonyl (C=O) groups is 2. The van der Waals surface area contributed by atoms with E-state index in [-0.39, 0.29) is 19.2 Å². The molecule has 0 radical (unpaired) electrons. The Balaban J connectivity index is 3.01. The molecule has 0 fully saturated rings. The minimum absolute atomic E-state index is 0.000694. The van der Waals surface area contributed by atoms with Crippen molar-refractivity contribution < 1.29 is 37.3 Å². The van der Waals surface area contributed by atoms with E-state index in [0.717, 1.165) is 11.0 Å². The number of alkyl halides is 3. The Morgan fingerprint density at radius 2 is 1.92 bits per heavy atom. The van der Waals surface area contributed by atoms with Crippen LogP contribution in [0.3, 0.4) is 0 Å². The van der Waals surface area contributed by atoms with Gasteiger partial charge in [-0.3, -0.25) is 9.59 Å². The number of hydrogen-bond donors (Lipinski definition) is 1. The van der Waals surface area contributed by atoms with Gasteiger partial charge in [-0.05, 0) is 12.1 Å². The Morgan fingerprint density at radius 1 is 1.24 bits per heavy atom. The maximum Gasteiger partial charge on any atom is 0.409 e. The molecule has 1 rings (SSSR count). The van der Waals surface area contributed by atoms with Gasteiger partial charge in [-0.2, -0.15) is 13.2 Å². The highest BCUT2D eigenvalue weighted by molar-refractivity contribution is 5.93. The Kier molecular flexibility index (Phi) is 7.28. The number of nitrogens with zero attached hydrogens (tertiary/aromatic N) is 1. The van der Waals surface area contributed by atoms with Crippen LogP contribution in [0.5, 0.6) is 11.5 Å². The zero-order valence-corrected chi connectivity index (χ0v) is 13.7. The van der Waals surface area contributed by atoms with Crippen molar-refractivity contribution in [3.63, 3.8) is 0 Å². The van der Waals surface area contributed by atoms with Crippen molar-refractivity contribution in [2.75, 3.05) is 20.8 Å². The first-order valence-corrected chi connectivity index (χ1v) is 7.11. The van der Waals surface area contributed by atoms with Crippen LogP contribution < -0.4 is 9.47 Å². The predicted octanol–water partition coefficient (Wildman–Crippen LogP) is 2.63. The molecular weight excluding hydrogens is 343 g/mol. The quantitative estimate of drug-likeness (QED) is 0.569. The highest BCUT2D eigenvalue weighted by atomic mass is 19.4. The average molecular weight is 361 g/mol. The maximum absolute atomic E-state index is 12.2. The number of aliphatic carboxylic acids is 1. The van der Waals surface area contributed by atoms with Gasteiger partial charge in [-0.1, -0.05) is 6.08 Å². The van der Waals surface area contributed by atoms with E-state index in [1.54, 1.807) is 18.2 Å². The zero-order chi connectivity index (χ0) is 19.0. The van der Waals surface area contributed by atoms with E-state index in [1.807, 2.05) is 0 Å². The predicted molar refractivity (Wildman–Crippen MR) is 82.4 cm³/mol. The molecule has 1 amide bonds. The average Bonchev–Trinajstić information content (AvgIpc) is 2.52. The fraction of sp³-hybridized carbons (Fsp3) is 0.375. The number of ether oxygens (including phenoxy) is 2. The van der Waals surface area contributed by atoms with Gasteiger partial charge < -0.3 is 19.5 Å². The van der Waals surface area contributed by atoms with Gasteiger partial charge in [0.1, 0.15) is 17.9 Å². The van der Waals surface area contributed by atoms with E-state index in [0.29, 0.717) is 17.1 Å². The molecule has 0 unspecified atom stereocenters. The molecule has 0 saturated heterocycles. The van der Waals surface area contributed by atoms with Crippen molar-refractivity contribution in [3.05, 3.63) is 35.9 Å². The summed E-state index contributed by atoms with van der Waals surface area (Å²) in [5.41, 5.74) is 0.502. The van der Waals surface area contributed by atoms with E-state index >= 15 is 0 Å². The summed E-state index contributed by atoms with van der Waals surface area (Å²) in [6.07, 6.45) is -4.58. The molecule has 0 saturated carbocycles. The lowest BCUT2D eigenvalue weighted by molar-refractivity contribution is -0.144. The number of hydrogen-bond acceptors (Lipinski definition) is 4. The molecule has 0 aliphatic rings. The van der Waals surface area contributed by atoms with E-state index in [1.165, 1.54) is 14.2 Å². The molecule has 0 aliphatic heterocycles. The minimum atomic E-state index is -4.51. The normalized spacial score (nSPS) is 11.4. The number of halogens is 3. The first-order chi connectivity index (χ1) is 11.7. The Morgan fingerprint density at radius 3 is 2.44 bits per heavy atom. The van der Waals surface area contributed by atoms with E-state index in [4.69, 9.17) is 14.6 Å². The third kappa shape index (κ3) is 7.15. The fourth-order valence-electron chi connectivity index (χ4n) is 2.00. The van der Waals surface area contributed by atoms with Crippen LogP contribution in [-0.4, -0.2) is 48.8 Å². The van der Waals surface area contributed by atoms with Gasteiger partial charge in [-0.15, -0.1) is 0 Å². The van der Waals surface area contributed by atoms with Crippen LogP contribution in [0.25, 0.3) is 0 Å². The standard InChI is InChI=1S/C16H18F3NO5/c1-24-12-5-4-11(13(8-12)25-2)10-20(14(21)9-15(22)23)7-3-6-16(17,18)19/h3-6,8H,7,9-10H2,1-2H3,(H,22,23). The zero-order valence-electron chi connectivity index (χ0n) is 13.7. The van der Waals surface area contributed by atoms with Crippen molar-refractivity contribution in [1.29, 1.82) is 0 Å². The second-order valence-electron chi connectivity index (χ2n) is 4.97. The first-order valence-electron chi connectivity index (χ1n) is 7.11. The van der Waals surface area contributed by atoms with Gasteiger partial charge in [0.15, 0.2) is 0 Å². The third-order valence-electron chi connectivity index (χ3n) is 3.14. The summed E-state index contributed by atoms with van der Waals surface area (Å²) in [7, 11) is 2.85. The van der Waals surface area contributed by atoms with Gasteiger partial charge in [-0.25, -0.2) is 0 Å².